The molecule has 0 bridgehead atoms. The Labute approximate surface area is 94.6 Å². The molecule has 2 aromatic rings. The minimum absolute atomic E-state index is 0.0228. The number of hydrogen-bond donors (Lipinski definition) is 1. The van der Waals surface area contributed by atoms with E-state index in [1.54, 1.807) is 12.2 Å². The smallest absolute Gasteiger partial charge is 0.185 e. The summed E-state index contributed by atoms with van der Waals surface area (Å²) in [5.41, 5.74) is 2.80. The van der Waals surface area contributed by atoms with Gasteiger partial charge in [0, 0.05) is 17.5 Å². The number of nitrogens with one attached hydrogen (secondary N) is 1. The fraction of sp³-hybridized carbons (Fsp3) is 0.0714. The summed E-state index contributed by atoms with van der Waals surface area (Å²) < 4.78 is 0. The van der Waals surface area contributed by atoms with Crippen LogP contribution in [0.25, 0.3) is 6.08 Å². The van der Waals surface area contributed by atoms with Crippen molar-refractivity contribution in [2.24, 2.45) is 0 Å². The monoisotopic (exact) mass is 211 g/mol. The predicted molar refractivity (Wildman–Crippen MR) is 65.3 cm³/mol. The molecular formula is C14H13NO. The number of benzene rings is 1. The van der Waals surface area contributed by atoms with Crippen molar-refractivity contribution < 1.29 is 4.79 Å². The number of rotatable bonds is 3. The van der Waals surface area contributed by atoms with Gasteiger partial charge in [0.25, 0.3) is 0 Å². The van der Waals surface area contributed by atoms with Crippen LogP contribution in [-0.2, 0) is 0 Å². The van der Waals surface area contributed by atoms with Crippen LogP contribution in [0, 0.1) is 6.92 Å². The van der Waals surface area contributed by atoms with Crippen LogP contribution in [0.3, 0.4) is 0 Å². The highest BCUT2D eigenvalue weighted by Gasteiger charge is 2.00. The van der Waals surface area contributed by atoms with Crippen LogP contribution in [0.1, 0.15) is 21.6 Å². The van der Waals surface area contributed by atoms with Crippen molar-refractivity contribution in [3.05, 3.63) is 65.5 Å². The molecule has 0 amide bonds. The number of allylic oxidation sites excluding steroid dienone is 1. The predicted octanol–water partition coefficient (Wildman–Crippen LogP) is 3.22. The molecule has 2 heteroatoms. The van der Waals surface area contributed by atoms with E-state index in [4.69, 9.17) is 0 Å². The lowest BCUT2D eigenvalue weighted by atomic mass is 10.1. The molecule has 0 spiro atoms. The molecule has 0 atom stereocenters. The average molecular weight is 211 g/mol. The summed E-state index contributed by atoms with van der Waals surface area (Å²) in [6.45, 7) is 2.00. The quantitative estimate of drug-likeness (QED) is 0.613. The van der Waals surface area contributed by atoms with E-state index in [1.165, 1.54) is 0 Å². The maximum Gasteiger partial charge on any atom is 0.185 e. The molecule has 0 aliphatic carbocycles. The summed E-state index contributed by atoms with van der Waals surface area (Å²) in [5.74, 6) is 0.0228. The molecule has 1 N–H and O–H groups in total. The molecule has 1 aromatic carbocycles. The number of carbonyl (C=O) groups excluding carboxylic acids is 1. The SMILES string of the molecule is Cc1ccc(C(=O)C=Cc2ccc[nH]2)cc1. The minimum Gasteiger partial charge on any atom is -0.362 e. The fourth-order valence-corrected chi connectivity index (χ4v) is 1.43. The van der Waals surface area contributed by atoms with Crippen molar-refractivity contribution >= 4 is 11.9 Å². The summed E-state index contributed by atoms with van der Waals surface area (Å²) >= 11 is 0. The minimum atomic E-state index is 0.0228. The number of carbonyl (C=O) groups is 1. The average Bonchev–Trinajstić information content (AvgIpc) is 2.80. The van der Waals surface area contributed by atoms with Crippen molar-refractivity contribution in [2.45, 2.75) is 6.92 Å². The van der Waals surface area contributed by atoms with Gasteiger partial charge in [0.2, 0.25) is 0 Å². The molecule has 0 unspecified atom stereocenters. The first-order valence-electron chi connectivity index (χ1n) is 5.18. The zero-order valence-corrected chi connectivity index (χ0v) is 9.10. The summed E-state index contributed by atoms with van der Waals surface area (Å²) in [7, 11) is 0. The van der Waals surface area contributed by atoms with Gasteiger partial charge in [-0.15, -0.1) is 0 Å². The van der Waals surface area contributed by atoms with Crippen LogP contribution in [-0.4, -0.2) is 10.8 Å². The number of aromatic nitrogens is 1. The molecule has 2 rings (SSSR count). The molecule has 0 aliphatic heterocycles. The zero-order valence-electron chi connectivity index (χ0n) is 9.10. The lowest BCUT2D eigenvalue weighted by molar-refractivity contribution is 0.104. The van der Waals surface area contributed by atoms with Crippen molar-refractivity contribution in [2.75, 3.05) is 0 Å². The first-order chi connectivity index (χ1) is 7.75. The summed E-state index contributed by atoms with van der Waals surface area (Å²) in [6, 6.07) is 11.4. The Balaban J connectivity index is 2.11. The first-order valence-corrected chi connectivity index (χ1v) is 5.18. The van der Waals surface area contributed by atoms with Gasteiger partial charge in [-0.3, -0.25) is 4.79 Å². The molecule has 0 aliphatic rings. The molecular weight excluding hydrogens is 198 g/mol. The van der Waals surface area contributed by atoms with Gasteiger partial charge in [-0.05, 0) is 31.2 Å². The summed E-state index contributed by atoms with van der Waals surface area (Å²) in [6.07, 6.45) is 5.19. The second-order valence-electron chi connectivity index (χ2n) is 3.69. The first kappa shape index (κ1) is 10.4. The van der Waals surface area contributed by atoms with E-state index in [-0.39, 0.29) is 5.78 Å². The molecule has 0 fully saturated rings. The van der Waals surface area contributed by atoms with E-state index in [1.807, 2.05) is 49.5 Å². The van der Waals surface area contributed by atoms with Crippen molar-refractivity contribution in [3.63, 3.8) is 0 Å². The van der Waals surface area contributed by atoms with Crippen LogP contribution in [0.5, 0.6) is 0 Å². The Morgan fingerprint density at radius 3 is 2.56 bits per heavy atom. The van der Waals surface area contributed by atoms with Crippen LogP contribution >= 0.6 is 0 Å². The highest BCUT2D eigenvalue weighted by Crippen LogP contribution is 2.06. The Hall–Kier alpha value is -2.09. The third-order valence-electron chi connectivity index (χ3n) is 2.37. The lowest BCUT2D eigenvalue weighted by Gasteiger charge is -1.96. The van der Waals surface area contributed by atoms with Gasteiger partial charge in [-0.2, -0.15) is 0 Å². The number of ketones is 1. The molecule has 1 aromatic heterocycles. The van der Waals surface area contributed by atoms with Gasteiger partial charge in [0.05, 0.1) is 0 Å². The fourth-order valence-electron chi connectivity index (χ4n) is 1.43. The third kappa shape index (κ3) is 2.48. The van der Waals surface area contributed by atoms with Crippen LogP contribution < -0.4 is 0 Å². The van der Waals surface area contributed by atoms with Crippen molar-refractivity contribution in [1.29, 1.82) is 0 Å². The Kier molecular flexibility index (Phi) is 3.01. The molecule has 0 saturated heterocycles. The van der Waals surface area contributed by atoms with Crippen LogP contribution in [0.4, 0.5) is 0 Å². The van der Waals surface area contributed by atoms with E-state index >= 15 is 0 Å². The molecule has 0 saturated carbocycles. The van der Waals surface area contributed by atoms with Gasteiger partial charge >= 0.3 is 0 Å². The van der Waals surface area contributed by atoms with Crippen LogP contribution in [0.15, 0.2) is 48.7 Å². The molecule has 1 heterocycles. The largest absolute Gasteiger partial charge is 0.362 e. The molecule has 80 valence electrons. The van der Waals surface area contributed by atoms with Gasteiger partial charge < -0.3 is 4.98 Å². The van der Waals surface area contributed by atoms with E-state index in [0.717, 1.165) is 11.3 Å². The topological polar surface area (TPSA) is 32.9 Å². The Morgan fingerprint density at radius 2 is 1.94 bits per heavy atom. The number of aryl methyl sites for hydroxylation is 1. The van der Waals surface area contributed by atoms with Crippen LogP contribution in [0.2, 0.25) is 0 Å². The van der Waals surface area contributed by atoms with Gasteiger partial charge in [0.1, 0.15) is 0 Å². The van der Waals surface area contributed by atoms with Gasteiger partial charge in [-0.1, -0.05) is 29.8 Å². The highest BCUT2D eigenvalue weighted by atomic mass is 16.1. The van der Waals surface area contributed by atoms with E-state index < -0.39 is 0 Å². The normalized spacial score (nSPS) is 10.8. The number of aromatic amines is 1. The third-order valence-corrected chi connectivity index (χ3v) is 2.37. The Bertz CT molecular complexity index is 492. The van der Waals surface area contributed by atoms with Crippen molar-refractivity contribution in [1.82, 2.24) is 4.98 Å². The second-order valence-corrected chi connectivity index (χ2v) is 3.69. The van der Waals surface area contributed by atoms with E-state index in [9.17, 15) is 4.79 Å². The van der Waals surface area contributed by atoms with E-state index in [0.29, 0.717) is 5.56 Å². The zero-order chi connectivity index (χ0) is 11.4. The standard InChI is InChI=1S/C14H13NO/c1-11-4-6-12(7-5-11)14(16)9-8-13-3-2-10-15-13/h2-10,15H,1H3. The van der Waals surface area contributed by atoms with Crippen molar-refractivity contribution in [3.8, 4) is 0 Å². The maximum absolute atomic E-state index is 11.8. The second kappa shape index (κ2) is 4.62. The lowest BCUT2D eigenvalue weighted by Crippen LogP contribution is -1.93. The highest BCUT2D eigenvalue weighted by molar-refractivity contribution is 6.06. The Morgan fingerprint density at radius 1 is 1.19 bits per heavy atom. The molecule has 2 nitrogen and oxygen atoms in total. The summed E-state index contributed by atoms with van der Waals surface area (Å²) in [5, 5.41) is 0. The molecule has 16 heavy (non-hydrogen) atoms. The van der Waals surface area contributed by atoms with Gasteiger partial charge in [0.15, 0.2) is 5.78 Å². The molecule has 0 radical (unpaired) electrons. The number of H-pyrrole nitrogens is 1. The number of hydrogen-bond acceptors (Lipinski definition) is 1. The maximum atomic E-state index is 11.8. The summed E-state index contributed by atoms with van der Waals surface area (Å²) in [4.78, 5) is 14.8. The van der Waals surface area contributed by atoms with Gasteiger partial charge in [-0.25, -0.2) is 0 Å². The van der Waals surface area contributed by atoms with E-state index in [2.05, 4.69) is 4.98 Å².